The van der Waals surface area contributed by atoms with Crippen molar-refractivity contribution in [2.24, 2.45) is 0 Å². The predicted octanol–water partition coefficient (Wildman–Crippen LogP) is 3.95. The lowest BCUT2D eigenvalue weighted by molar-refractivity contribution is -0.120. The summed E-state index contributed by atoms with van der Waals surface area (Å²) in [5.41, 5.74) is 0.935. The van der Waals surface area contributed by atoms with E-state index in [1.165, 1.54) is 17.9 Å². The van der Waals surface area contributed by atoms with E-state index in [0.29, 0.717) is 5.69 Å². The van der Waals surface area contributed by atoms with E-state index in [-0.39, 0.29) is 28.4 Å². The molecule has 2 aromatic carbocycles. The van der Waals surface area contributed by atoms with Gasteiger partial charge in [-0.25, -0.2) is 14.5 Å². The first-order valence-corrected chi connectivity index (χ1v) is 9.73. The van der Waals surface area contributed by atoms with Crippen molar-refractivity contribution in [2.75, 3.05) is 12.0 Å². The van der Waals surface area contributed by atoms with Crippen LogP contribution in [0.1, 0.15) is 21.6 Å². The highest BCUT2D eigenvalue weighted by atomic mass is 16.6. The Bertz CT molecular complexity index is 1380. The number of rotatable bonds is 5. The molecule has 1 aliphatic rings. The van der Waals surface area contributed by atoms with E-state index in [1.54, 1.807) is 55.5 Å². The van der Waals surface area contributed by atoms with Gasteiger partial charge in [0.1, 0.15) is 5.75 Å². The highest BCUT2D eigenvalue weighted by molar-refractivity contribution is 6.28. The standard InChI is InChI=1S/C24H16N4O5/c1-14-9-10-19(32-3)18(11-14)28-23(30)22(33-24(28)31)21(29)20-16(12-25)17(26-2)13-27(20)15-7-5-4-6-8-15/h4-11,13,22H,1,3H3. The maximum atomic E-state index is 13.5. The van der Waals surface area contributed by atoms with E-state index in [1.807, 2.05) is 6.07 Å². The molecule has 33 heavy (non-hydrogen) atoms. The average molecular weight is 440 g/mol. The van der Waals surface area contributed by atoms with Gasteiger partial charge in [-0.3, -0.25) is 9.59 Å². The number of para-hydroxylation sites is 1. The zero-order chi connectivity index (χ0) is 23.7. The maximum absolute atomic E-state index is 13.5. The zero-order valence-corrected chi connectivity index (χ0v) is 17.6. The van der Waals surface area contributed by atoms with Crippen LogP contribution in [0.3, 0.4) is 0 Å². The Labute approximate surface area is 188 Å². The van der Waals surface area contributed by atoms with E-state index in [4.69, 9.17) is 16.0 Å². The van der Waals surface area contributed by atoms with Crippen LogP contribution < -0.4 is 9.64 Å². The molecule has 162 valence electrons. The highest BCUT2D eigenvalue weighted by Crippen LogP contribution is 2.35. The predicted molar refractivity (Wildman–Crippen MR) is 117 cm³/mol. The van der Waals surface area contributed by atoms with Gasteiger partial charge in [0.2, 0.25) is 17.6 Å². The first-order chi connectivity index (χ1) is 15.9. The van der Waals surface area contributed by atoms with Gasteiger partial charge < -0.3 is 14.0 Å². The highest BCUT2D eigenvalue weighted by Gasteiger charge is 2.48. The van der Waals surface area contributed by atoms with Crippen LogP contribution in [0.25, 0.3) is 10.5 Å². The largest absolute Gasteiger partial charge is 0.495 e. The zero-order valence-electron chi connectivity index (χ0n) is 17.6. The number of ketones is 1. The Morgan fingerprint density at radius 1 is 1.21 bits per heavy atom. The van der Waals surface area contributed by atoms with Crippen LogP contribution in [-0.4, -0.2) is 35.6 Å². The van der Waals surface area contributed by atoms with Gasteiger partial charge in [0.05, 0.1) is 36.7 Å². The summed E-state index contributed by atoms with van der Waals surface area (Å²) < 4.78 is 11.8. The van der Waals surface area contributed by atoms with E-state index >= 15 is 0 Å². The number of benzene rings is 2. The van der Waals surface area contributed by atoms with Gasteiger partial charge in [-0.1, -0.05) is 24.3 Å². The summed E-state index contributed by atoms with van der Waals surface area (Å²) in [7, 11) is 1.39. The van der Waals surface area contributed by atoms with Crippen molar-refractivity contribution in [1.29, 1.82) is 5.26 Å². The van der Waals surface area contributed by atoms with Gasteiger partial charge in [0.15, 0.2) is 0 Å². The van der Waals surface area contributed by atoms with Crippen molar-refractivity contribution >= 4 is 29.2 Å². The second-order valence-corrected chi connectivity index (χ2v) is 7.14. The van der Waals surface area contributed by atoms with Crippen LogP contribution in [0, 0.1) is 24.8 Å². The summed E-state index contributed by atoms with van der Waals surface area (Å²) in [6.45, 7) is 9.14. The summed E-state index contributed by atoms with van der Waals surface area (Å²) in [5.74, 6) is -1.57. The Balaban J connectivity index is 1.81. The van der Waals surface area contributed by atoms with Crippen molar-refractivity contribution < 1.29 is 23.9 Å². The number of carbonyl (C=O) groups excluding carboxylic acids is 3. The molecule has 1 fully saturated rings. The molecule has 2 heterocycles. The average Bonchev–Trinajstić information content (AvgIpc) is 3.35. The van der Waals surface area contributed by atoms with Gasteiger partial charge in [0, 0.05) is 11.9 Å². The second-order valence-electron chi connectivity index (χ2n) is 7.14. The molecule has 0 radical (unpaired) electrons. The molecule has 3 aromatic rings. The summed E-state index contributed by atoms with van der Waals surface area (Å²) >= 11 is 0. The molecule has 1 saturated heterocycles. The fraction of sp³-hybridized carbons (Fsp3) is 0.125. The number of amides is 2. The van der Waals surface area contributed by atoms with Gasteiger partial charge in [-0.05, 0) is 36.8 Å². The molecule has 0 spiro atoms. The molecule has 1 atom stereocenters. The van der Waals surface area contributed by atoms with Crippen LogP contribution in [-0.2, 0) is 9.53 Å². The van der Waals surface area contributed by atoms with Crippen LogP contribution in [0.5, 0.6) is 5.75 Å². The number of aryl methyl sites for hydroxylation is 1. The number of methoxy groups -OCH3 is 1. The van der Waals surface area contributed by atoms with E-state index in [2.05, 4.69) is 4.85 Å². The lowest BCUT2D eigenvalue weighted by atomic mass is 10.1. The minimum Gasteiger partial charge on any atom is -0.495 e. The molecule has 1 unspecified atom stereocenters. The minimum atomic E-state index is -1.81. The van der Waals surface area contributed by atoms with Gasteiger partial charge >= 0.3 is 6.09 Å². The van der Waals surface area contributed by atoms with Gasteiger partial charge in [-0.2, -0.15) is 5.26 Å². The van der Waals surface area contributed by atoms with Crippen molar-refractivity contribution in [3.63, 3.8) is 0 Å². The van der Waals surface area contributed by atoms with Crippen molar-refractivity contribution in [1.82, 2.24) is 4.57 Å². The molecule has 0 N–H and O–H groups in total. The molecular formula is C24H16N4O5. The molecular weight excluding hydrogens is 424 g/mol. The molecule has 0 bridgehead atoms. The van der Waals surface area contributed by atoms with Gasteiger partial charge in [-0.15, -0.1) is 0 Å². The van der Waals surface area contributed by atoms with Crippen molar-refractivity contribution in [2.45, 2.75) is 13.0 Å². The monoisotopic (exact) mass is 440 g/mol. The fourth-order valence-corrected chi connectivity index (χ4v) is 3.62. The molecule has 0 saturated carbocycles. The normalized spacial score (nSPS) is 15.0. The summed E-state index contributed by atoms with van der Waals surface area (Å²) in [4.78, 5) is 43.4. The minimum absolute atomic E-state index is 0.0568. The van der Waals surface area contributed by atoms with Crippen molar-refractivity contribution in [3.05, 3.63) is 83.0 Å². The Kier molecular flexibility index (Phi) is 5.39. The summed E-state index contributed by atoms with van der Waals surface area (Å²) in [5, 5.41) is 9.65. The number of imide groups is 1. The Morgan fingerprint density at radius 3 is 2.58 bits per heavy atom. The molecule has 4 rings (SSSR count). The number of nitrogens with zero attached hydrogens (tertiary/aromatic N) is 4. The Morgan fingerprint density at radius 2 is 1.94 bits per heavy atom. The first kappa shape index (κ1) is 21.3. The molecule has 9 heteroatoms. The van der Waals surface area contributed by atoms with E-state index in [0.717, 1.165) is 10.5 Å². The van der Waals surface area contributed by atoms with E-state index in [9.17, 15) is 19.6 Å². The summed E-state index contributed by atoms with van der Waals surface area (Å²) in [6, 6.07) is 15.3. The fourth-order valence-electron chi connectivity index (χ4n) is 3.62. The smallest absolute Gasteiger partial charge is 0.422 e. The Hall–Kier alpha value is -4.89. The van der Waals surface area contributed by atoms with Crippen LogP contribution in [0.2, 0.25) is 0 Å². The molecule has 9 nitrogen and oxygen atoms in total. The number of hydrogen-bond donors (Lipinski definition) is 0. The number of cyclic esters (lactones) is 1. The number of nitriles is 1. The molecule has 0 aliphatic carbocycles. The lowest BCUT2D eigenvalue weighted by Crippen LogP contribution is -2.36. The third-order valence-electron chi connectivity index (χ3n) is 5.14. The topological polar surface area (TPSA) is 106 Å². The van der Waals surface area contributed by atoms with E-state index < -0.39 is 23.9 Å². The first-order valence-electron chi connectivity index (χ1n) is 9.73. The van der Waals surface area contributed by atoms with Crippen LogP contribution in [0.4, 0.5) is 16.2 Å². The SMILES string of the molecule is [C-]#[N+]c1cn(-c2ccccc2)c(C(=O)C2OC(=O)N(c3cc(C)ccc3OC)C2=O)c1C#N. The molecule has 2 amide bonds. The van der Waals surface area contributed by atoms with Crippen LogP contribution >= 0.6 is 0 Å². The number of hydrogen-bond acceptors (Lipinski definition) is 6. The maximum Gasteiger partial charge on any atom is 0.422 e. The van der Waals surface area contributed by atoms with Crippen molar-refractivity contribution in [3.8, 4) is 17.5 Å². The van der Waals surface area contributed by atoms with Crippen LogP contribution in [0.15, 0.2) is 54.7 Å². The number of aromatic nitrogens is 1. The third-order valence-corrected chi connectivity index (χ3v) is 5.14. The third kappa shape index (κ3) is 3.48. The number of anilines is 1. The van der Waals surface area contributed by atoms with Gasteiger partial charge in [0.25, 0.3) is 5.91 Å². The lowest BCUT2D eigenvalue weighted by Gasteiger charge is -2.16. The second kappa shape index (κ2) is 8.33. The summed E-state index contributed by atoms with van der Waals surface area (Å²) in [6.07, 6.45) is -1.51. The molecule has 1 aromatic heterocycles. The molecule has 1 aliphatic heterocycles. The quantitative estimate of drug-likeness (QED) is 0.338. The number of ether oxygens (including phenoxy) is 2. The number of carbonyl (C=O) groups is 3. The number of Topliss-reactive ketones (excluding diaryl/α,β-unsaturated/α-hetero) is 1.